The van der Waals surface area contributed by atoms with Crippen molar-refractivity contribution >= 4 is 16.7 Å². The molecular formula is C25H23NO5. The van der Waals surface area contributed by atoms with Gasteiger partial charge in [0.1, 0.15) is 18.1 Å². The largest absolute Gasteiger partial charge is 0.497 e. The number of methoxy groups -OCH3 is 1. The minimum Gasteiger partial charge on any atom is -0.497 e. The molecule has 0 bridgehead atoms. The second-order valence-electron chi connectivity index (χ2n) is 7.68. The second kappa shape index (κ2) is 7.96. The summed E-state index contributed by atoms with van der Waals surface area (Å²) in [6.07, 6.45) is 4.76. The summed E-state index contributed by atoms with van der Waals surface area (Å²) in [4.78, 5) is 13.0. The Kier molecular flexibility index (Phi) is 5.00. The lowest BCUT2D eigenvalue weighted by Gasteiger charge is -2.19. The molecule has 1 aliphatic heterocycles. The van der Waals surface area contributed by atoms with Gasteiger partial charge in [-0.1, -0.05) is 36.4 Å². The lowest BCUT2D eigenvalue weighted by Crippen LogP contribution is -2.18. The van der Waals surface area contributed by atoms with Crippen molar-refractivity contribution in [2.24, 2.45) is 5.92 Å². The van der Waals surface area contributed by atoms with Crippen LogP contribution in [0.25, 0.3) is 22.0 Å². The first kappa shape index (κ1) is 19.5. The summed E-state index contributed by atoms with van der Waals surface area (Å²) < 4.78 is 18.4. The van der Waals surface area contributed by atoms with Crippen molar-refractivity contribution in [3.63, 3.8) is 0 Å². The number of aliphatic hydroxyl groups excluding tert-OH is 1. The zero-order chi connectivity index (χ0) is 21.4. The summed E-state index contributed by atoms with van der Waals surface area (Å²) in [7, 11) is 1.62. The number of para-hydroxylation sites is 1. The highest BCUT2D eigenvalue weighted by molar-refractivity contribution is 6.11. The van der Waals surface area contributed by atoms with Gasteiger partial charge in [0.25, 0.3) is 0 Å². The molecule has 3 aromatic rings. The summed E-state index contributed by atoms with van der Waals surface area (Å²) in [5, 5.41) is 10.8. The summed E-state index contributed by atoms with van der Waals surface area (Å²) >= 11 is 0. The number of rotatable bonds is 6. The molecule has 2 heterocycles. The predicted molar refractivity (Wildman–Crippen MR) is 117 cm³/mol. The van der Waals surface area contributed by atoms with Gasteiger partial charge in [-0.3, -0.25) is 4.79 Å². The number of hydrogen-bond acceptors (Lipinski definition) is 5. The molecule has 1 unspecified atom stereocenters. The van der Waals surface area contributed by atoms with Crippen molar-refractivity contribution in [2.45, 2.75) is 13.0 Å². The number of fused-ring (bicyclic) bond motifs is 1. The lowest BCUT2D eigenvalue weighted by molar-refractivity contribution is 0.0716. The SMILES string of the molecule is COc1ccc(-c2c(C(=O)CO)n(CC3C=CC4=C(C3)OCO4)c3ccccc23)cc1. The van der Waals surface area contributed by atoms with Crippen LogP contribution in [0.5, 0.6) is 5.75 Å². The average molecular weight is 417 g/mol. The van der Waals surface area contributed by atoms with E-state index in [0.717, 1.165) is 39.3 Å². The number of hydrogen-bond donors (Lipinski definition) is 1. The third-order valence-corrected chi connectivity index (χ3v) is 5.86. The molecule has 31 heavy (non-hydrogen) atoms. The van der Waals surface area contributed by atoms with Crippen molar-refractivity contribution in [1.29, 1.82) is 0 Å². The number of ether oxygens (including phenoxy) is 3. The summed E-state index contributed by atoms with van der Waals surface area (Å²) in [5.41, 5.74) is 3.22. The molecule has 0 radical (unpaired) electrons. The van der Waals surface area contributed by atoms with Crippen LogP contribution in [-0.4, -0.2) is 36.0 Å². The van der Waals surface area contributed by atoms with Gasteiger partial charge in [0.15, 0.2) is 5.76 Å². The molecule has 5 rings (SSSR count). The Balaban J connectivity index is 1.63. The van der Waals surface area contributed by atoms with Crippen molar-refractivity contribution < 1.29 is 24.1 Å². The van der Waals surface area contributed by atoms with Crippen molar-refractivity contribution in [3.8, 4) is 16.9 Å². The zero-order valence-electron chi connectivity index (χ0n) is 17.2. The Morgan fingerprint density at radius 2 is 1.97 bits per heavy atom. The molecule has 6 nitrogen and oxygen atoms in total. The van der Waals surface area contributed by atoms with Crippen LogP contribution in [0, 0.1) is 5.92 Å². The number of benzene rings is 2. The van der Waals surface area contributed by atoms with Crippen LogP contribution in [0.4, 0.5) is 0 Å². The monoisotopic (exact) mass is 417 g/mol. The average Bonchev–Trinajstić information content (AvgIpc) is 3.41. The van der Waals surface area contributed by atoms with E-state index < -0.39 is 6.61 Å². The first-order valence-corrected chi connectivity index (χ1v) is 10.3. The van der Waals surface area contributed by atoms with Gasteiger partial charge in [-0.15, -0.1) is 0 Å². The van der Waals surface area contributed by atoms with E-state index in [1.165, 1.54) is 0 Å². The maximum absolute atomic E-state index is 13.0. The molecule has 2 aromatic carbocycles. The zero-order valence-corrected chi connectivity index (χ0v) is 17.2. The third-order valence-electron chi connectivity index (χ3n) is 5.86. The van der Waals surface area contributed by atoms with Crippen LogP contribution in [0.3, 0.4) is 0 Å². The normalized spacial score (nSPS) is 17.4. The molecule has 1 aliphatic carbocycles. The topological polar surface area (TPSA) is 69.9 Å². The molecular weight excluding hydrogens is 394 g/mol. The molecule has 158 valence electrons. The van der Waals surface area contributed by atoms with Gasteiger partial charge in [-0.05, 0) is 29.8 Å². The Morgan fingerprint density at radius 1 is 1.16 bits per heavy atom. The maximum atomic E-state index is 13.0. The predicted octanol–water partition coefficient (Wildman–Crippen LogP) is 4.28. The minimum atomic E-state index is -0.549. The fraction of sp³-hybridized carbons (Fsp3) is 0.240. The van der Waals surface area contributed by atoms with Crippen LogP contribution < -0.4 is 4.74 Å². The number of carbonyl (C=O) groups is 1. The first-order valence-electron chi connectivity index (χ1n) is 10.3. The van der Waals surface area contributed by atoms with Crippen molar-refractivity contribution in [1.82, 2.24) is 4.57 Å². The molecule has 0 spiro atoms. The van der Waals surface area contributed by atoms with Gasteiger partial charge in [0, 0.05) is 35.3 Å². The summed E-state index contributed by atoms with van der Waals surface area (Å²) in [6, 6.07) is 15.6. The van der Waals surface area contributed by atoms with Gasteiger partial charge < -0.3 is 23.9 Å². The molecule has 1 atom stereocenters. The number of carbonyl (C=O) groups excluding carboxylic acids is 1. The molecule has 1 N–H and O–H groups in total. The van der Waals surface area contributed by atoms with E-state index in [1.54, 1.807) is 7.11 Å². The van der Waals surface area contributed by atoms with Crippen LogP contribution in [-0.2, 0) is 16.0 Å². The van der Waals surface area contributed by atoms with E-state index in [2.05, 4.69) is 6.08 Å². The van der Waals surface area contributed by atoms with Gasteiger partial charge in [-0.25, -0.2) is 0 Å². The lowest BCUT2D eigenvalue weighted by atomic mass is 9.98. The van der Waals surface area contributed by atoms with E-state index >= 15 is 0 Å². The summed E-state index contributed by atoms with van der Waals surface area (Å²) in [6.45, 7) is 0.296. The van der Waals surface area contributed by atoms with Crippen molar-refractivity contribution in [3.05, 3.63) is 77.9 Å². The van der Waals surface area contributed by atoms with Gasteiger partial charge in [0.05, 0.1) is 12.8 Å². The van der Waals surface area contributed by atoms with E-state index in [-0.39, 0.29) is 18.5 Å². The fourth-order valence-corrected chi connectivity index (χ4v) is 4.41. The molecule has 0 amide bonds. The van der Waals surface area contributed by atoms with Crippen LogP contribution in [0.15, 0.2) is 72.2 Å². The van der Waals surface area contributed by atoms with Gasteiger partial charge in [0.2, 0.25) is 12.6 Å². The highest BCUT2D eigenvalue weighted by atomic mass is 16.7. The second-order valence-corrected chi connectivity index (χ2v) is 7.68. The molecule has 0 fully saturated rings. The number of nitrogens with zero attached hydrogens (tertiary/aromatic N) is 1. The Bertz CT molecular complexity index is 1200. The van der Waals surface area contributed by atoms with Gasteiger partial charge in [-0.2, -0.15) is 0 Å². The van der Waals surface area contributed by atoms with E-state index in [0.29, 0.717) is 18.7 Å². The smallest absolute Gasteiger partial charge is 0.230 e. The maximum Gasteiger partial charge on any atom is 0.230 e. The quantitative estimate of drug-likeness (QED) is 0.606. The highest BCUT2D eigenvalue weighted by Gasteiger charge is 2.28. The van der Waals surface area contributed by atoms with E-state index in [1.807, 2.05) is 59.2 Å². The van der Waals surface area contributed by atoms with Crippen molar-refractivity contribution in [2.75, 3.05) is 20.5 Å². The van der Waals surface area contributed by atoms with Crippen LogP contribution >= 0.6 is 0 Å². The van der Waals surface area contributed by atoms with E-state index in [4.69, 9.17) is 14.2 Å². The number of ketones is 1. The first-order chi connectivity index (χ1) is 15.2. The minimum absolute atomic E-state index is 0.144. The van der Waals surface area contributed by atoms with Crippen LogP contribution in [0.1, 0.15) is 16.9 Å². The molecule has 1 aromatic heterocycles. The number of Topliss-reactive ketones (excluding diaryl/α,β-unsaturated/α-hetero) is 1. The molecule has 6 heteroatoms. The third kappa shape index (κ3) is 3.39. The summed E-state index contributed by atoms with van der Waals surface area (Å²) in [5.74, 6) is 2.23. The molecule has 0 saturated carbocycles. The number of allylic oxidation sites excluding steroid dienone is 3. The van der Waals surface area contributed by atoms with Gasteiger partial charge >= 0.3 is 0 Å². The Hall–Kier alpha value is -3.51. The fourth-order valence-electron chi connectivity index (χ4n) is 4.41. The van der Waals surface area contributed by atoms with Crippen LogP contribution in [0.2, 0.25) is 0 Å². The Labute approximate surface area is 180 Å². The van der Waals surface area contributed by atoms with E-state index in [9.17, 15) is 9.90 Å². The highest BCUT2D eigenvalue weighted by Crippen LogP contribution is 2.38. The number of aromatic nitrogens is 1. The number of aliphatic hydroxyl groups is 1. The Morgan fingerprint density at radius 3 is 2.74 bits per heavy atom. The molecule has 0 saturated heterocycles. The standard InChI is InChI=1S/C25H23NO5/c1-29-18-9-7-17(8-10-18)24-19-4-2-3-5-20(19)26(25(24)21(28)14-27)13-16-6-11-22-23(12-16)31-15-30-22/h2-11,16,27H,12-15H2,1H3. The molecule has 2 aliphatic rings.